The summed E-state index contributed by atoms with van der Waals surface area (Å²) in [5, 5.41) is 8.88. The van der Waals surface area contributed by atoms with Gasteiger partial charge in [0.15, 0.2) is 6.61 Å². The molecule has 4 nitrogen and oxygen atoms in total. The summed E-state index contributed by atoms with van der Waals surface area (Å²) in [6.45, 7) is 0.237. The predicted molar refractivity (Wildman–Crippen MR) is 125 cm³/mol. The van der Waals surface area contributed by atoms with Gasteiger partial charge >= 0.3 is 5.97 Å². The second kappa shape index (κ2) is 10.8. The highest BCUT2D eigenvalue weighted by molar-refractivity contribution is 5.68. The van der Waals surface area contributed by atoms with Crippen LogP contribution in [0.15, 0.2) is 91.0 Å². The van der Waals surface area contributed by atoms with E-state index >= 15 is 0 Å². The van der Waals surface area contributed by atoms with Gasteiger partial charge in [-0.05, 0) is 53.5 Å². The van der Waals surface area contributed by atoms with Gasteiger partial charge in [-0.25, -0.2) is 4.79 Å². The van der Waals surface area contributed by atoms with Gasteiger partial charge in [0.05, 0.1) is 6.61 Å². The SMILES string of the molecule is O=C(O)COc1cccc2c1CCC(/C=C/COC(c1ccccc1)c1ccccc1)C2. The van der Waals surface area contributed by atoms with Crippen LogP contribution in [0, 0.1) is 5.92 Å². The second-order valence-corrected chi connectivity index (χ2v) is 8.04. The summed E-state index contributed by atoms with van der Waals surface area (Å²) in [6.07, 6.45) is 7.11. The lowest BCUT2D eigenvalue weighted by Crippen LogP contribution is -2.16. The number of rotatable bonds is 9. The molecule has 164 valence electrons. The zero-order valence-corrected chi connectivity index (χ0v) is 18.0. The molecular weight excluding hydrogens is 400 g/mol. The maximum Gasteiger partial charge on any atom is 0.341 e. The zero-order valence-electron chi connectivity index (χ0n) is 18.0. The van der Waals surface area contributed by atoms with E-state index in [1.807, 2.05) is 48.5 Å². The fourth-order valence-electron chi connectivity index (χ4n) is 4.28. The molecule has 0 heterocycles. The topological polar surface area (TPSA) is 55.8 Å². The van der Waals surface area contributed by atoms with E-state index in [2.05, 4.69) is 42.5 Å². The van der Waals surface area contributed by atoms with Crippen LogP contribution in [0.4, 0.5) is 0 Å². The molecule has 3 aromatic rings. The monoisotopic (exact) mass is 428 g/mol. The van der Waals surface area contributed by atoms with Crippen molar-refractivity contribution in [3.63, 3.8) is 0 Å². The van der Waals surface area contributed by atoms with E-state index in [-0.39, 0.29) is 12.7 Å². The third-order valence-electron chi connectivity index (χ3n) is 5.80. The summed E-state index contributed by atoms with van der Waals surface area (Å²) in [7, 11) is 0. The molecule has 1 aliphatic rings. The fraction of sp³-hybridized carbons (Fsp3) is 0.250. The fourth-order valence-corrected chi connectivity index (χ4v) is 4.28. The van der Waals surface area contributed by atoms with Crippen LogP contribution in [-0.2, 0) is 22.4 Å². The molecule has 0 radical (unpaired) electrons. The van der Waals surface area contributed by atoms with Crippen molar-refractivity contribution in [2.45, 2.75) is 25.4 Å². The van der Waals surface area contributed by atoms with Crippen LogP contribution in [0.5, 0.6) is 5.75 Å². The van der Waals surface area contributed by atoms with Crippen molar-refractivity contribution in [1.82, 2.24) is 0 Å². The quantitative estimate of drug-likeness (QED) is 0.450. The van der Waals surface area contributed by atoms with Crippen molar-refractivity contribution in [1.29, 1.82) is 0 Å². The average molecular weight is 429 g/mol. The third-order valence-corrected chi connectivity index (χ3v) is 5.80. The Morgan fingerprint density at radius 1 is 0.969 bits per heavy atom. The molecule has 1 atom stereocenters. The lowest BCUT2D eigenvalue weighted by Gasteiger charge is -2.24. The summed E-state index contributed by atoms with van der Waals surface area (Å²) in [6, 6.07) is 26.5. The standard InChI is InChI=1S/C28H28O4/c29-27(30)20-32-26-15-7-14-24-19-21(16-17-25(24)26)9-8-18-31-28(22-10-3-1-4-11-22)23-12-5-2-6-13-23/h1-15,21,28H,16-20H2,(H,29,30)/b9-8+. The smallest absolute Gasteiger partial charge is 0.341 e. The van der Waals surface area contributed by atoms with Gasteiger partial charge in [-0.3, -0.25) is 0 Å². The van der Waals surface area contributed by atoms with Crippen molar-refractivity contribution in [2.24, 2.45) is 5.92 Å². The molecule has 0 amide bonds. The Kier molecular flexibility index (Phi) is 7.36. The number of ether oxygens (including phenoxy) is 2. The molecular formula is C28H28O4. The summed E-state index contributed by atoms with van der Waals surface area (Å²) in [4.78, 5) is 10.8. The molecule has 0 saturated carbocycles. The largest absolute Gasteiger partial charge is 0.482 e. The number of hydrogen-bond donors (Lipinski definition) is 1. The normalized spacial score (nSPS) is 15.6. The Balaban J connectivity index is 1.37. The number of carbonyl (C=O) groups is 1. The van der Waals surface area contributed by atoms with Crippen molar-refractivity contribution in [3.8, 4) is 5.75 Å². The third kappa shape index (κ3) is 5.65. The lowest BCUT2D eigenvalue weighted by atomic mass is 9.83. The minimum absolute atomic E-state index is 0.0944. The lowest BCUT2D eigenvalue weighted by molar-refractivity contribution is -0.139. The van der Waals surface area contributed by atoms with Crippen LogP contribution in [0.2, 0.25) is 0 Å². The molecule has 0 aromatic heterocycles. The number of hydrogen-bond acceptors (Lipinski definition) is 3. The first-order chi connectivity index (χ1) is 15.7. The first kappa shape index (κ1) is 21.8. The molecule has 1 N–H and O–H groups in total. The number of allylic oxidation sites excluding steroid dienone is 1. The number of aliphatic carboxylic acids is 1. The first-order valence-corrected chi connectivity index (χ1v) is 11.0. The maximum absolute atomic E-state index is 10.8. The highest BCUT2D eigenvalue weighted by Crippen LogP contribution is 2.33. The van der Waals surface area contributed by atoms with Gasteiger partial charge in [-0.15, -0.1) is 0 Å². The summed E-state index contributed by atoms with van der Waals surface area (Å²) >= 11 is 0. The van der Waals surface area contributed by atoms with Gasteiger partial charge in [-0.2, -0.15) is 0 Å². The van der Waals surface area contributed by atoms with Gasteiger partial charge in [0.1, 0.15) is 11.9 Å². The van der Waals surface area contributed by atoms with E-state index in [9.17, 15) is 4.79 Å². The van der Waals surface area contributed by atoms with Crippen LogP contribution in [0.25, 0.3) is 0 Å². The molecule has 3 aromatic carbocycles. The predicted octanol–water partition coefficient (Wildman–Crippen LogP) is 5.62. The Hall–Kier alpha value is -3.37. The highest BCUT2D eigenvalue weighted by atomic mass is 16.5. The Morgan fingerprint density at radius 3 is 2.31 bits per heavy atom. The molecule has 1 aliphatic carbocycles. The molecule has 0 saturated heterocycles. The van der Waals surface area contributed by atoms with E-state index < -0.39 is 5.97 Å². The van der Waals surface area contributed by atoms with E-state index in [0.717, 1.165) is 36.0 Å². The van der Waals surface area contributed by atoms with Crippen LogP contribution in [-0.4, -0.2) is 24.3 Å². The van der Waals surface area contributed by atoms with Crippen molar-refractivity contribution < 1.29 is 19.4 Å². The average Bonchev–Trinajstić information content (AvgIpc) is 2.83. The summed E-state index contributed by atoms with van der Waals surface area (Å²) < 4.78 is 11.8. The summed E-state index contributed by atoms with van der Waals surface area (Å²) in [5.41, 5.74) is 4.67. The van der Waals surface area contributed by atoms with E-state index in [1.54, 1.807) is 0 Å². The van der Waals surface area contributed by atoms with Crippen molar-refractivity contribution in [2.75, 3.05) is 13.2 Å². The molecule has 0 aliphatic heterocycles. The molecule has 1 unspecified atom stereocenters. The first-order valence-electron chi connectivity index (χ1n) is 11.0. The summed E-state index contributed by atoms with van der Waals surface area (Å²) in [5.74, 6) is 0.181. The van der Waals surface area contributed by atoms with Crippen LogP contribution >= 0.6 is 0 Å². The molecule has 0 bridgehead atoms. The molecule has 4 rings (SSSR count). The minimum Gasteiger partial charge on any atom is -0.482 e. The van der Waals surface area contributed by atoms with Gasteiger partial charge < -0.3 is 14.6 Å². The molecule has 0 spiro atoms. The van der Waals surface area contributed by atoms with Crippen LogP contribution in [0.3, 0.4) is 0 Å². The van der Waals surface area contributed by atoms with Gasteiger partial charge in [0.25, 0.3) is 0 Å². The van der Waals surface area contributed by atoms with E-state index in [4.69, 9.17) is 14.6 Å². The molecule has 32 heavy (non-hydrogen) atoms. The zero-order chi connectivity index (χ0) is 22.2. The minimum atomic E-state index is -0.955. The van der Waals surface area contributed by atoms with Crippen molar-refractivity contribution >= 4 is 5.97 Å². The van der Waals surface area contributed by atoms with Gasteiger partial charge in [0, 0.05) is 0 Å². The second-order valence-electron chi connectivity index (χ2n) is 8.04. The molecule has 0 fully saturated rings. The van der Waals surface area contributed by atoms with Gasteiger partial charge in [0.2, 0.25) is 0 Å². The Bertz CT molecular complexity index is 1000. The Labute approximate surface area is 189 Å². The number of carboxylic acid groups (broad SMARTS) is 1. The van der Waals surface area contributed by atoms with Crippen LogP contribution in [0.1, 0.15) is 34.8 Å². The van der Waals surface area contributed by atoms with E-state index in [1.165, 1.54) is 5.56 Å². The number of carboxylic acids is 1. The number of benzene rings is 3. The molecule has 4 heteroatoms. The van der Waals surface area contributed by atoms with Crippen molar-refractivity contribution in [3.05, 3.63) is 113 Å². The van der Waals surface area contributed by atoms with Gasteiger partial charge in [-0.1, -0.05) is 84.9 Å². The number of fused-ring (bicyclic) bond motifs is 1. The Morgan fingerprint density at radius 2 is 1.66 bits per heavy atom. The van der Waals surface area contributed by atoms with Crippen LogP contribution < -0.4 is 4.74 Å². The maximum atomic E-state index is 10.8. The highest BCUT2D eigenvalue weighted by Gasteiger charge is 2.20. The van der Waals surface area contributed by atoms with E-state index in [0.29, 0.717) is 18.3 Å².